The summed E-state index contributed by atoms with van der Waals surface area (Å²) in [4.78, 5) is 20.4. The Morgan fingerprint density at radius 3 is 2.91 bits per heavy atom. The Morgan fingerprint density at radius 1 is 1.29 bits per heavy atom. The van der Waals surface area contributed by atoms with E-state index in [4.69, 9.17) is 14.2 Å². The maximum absolute atomic E-state index is 14.4. The number of pyridine rings is 1. The van der Waals surface area contributed by atoms with E-state index in [-0.39, 0.29) is 24.4 Å². The molecule has 9 heteroatoms. The molecule has 0 bridgehead atoms. The van der Waals surface area contributed by atoms with E-state index >= 15 is 0 Å². The van der Waals surface area contributed by atoms with Crippen molar-refractivity contribution in [1.29, 1.82) is 0 Å². The molecule has 1 aliphatic rings. The highest BCUT2D eigenvalue weighted by Crippen LogP contribution is 2.42. The second-order valence-corrected chi connectivity index (χ2v) is 7.66. The minimum Gasteiger partial charge on any atom is -0.492 e. The number of rotatable bonds is 9. The summed E-state index contributed by atoms with van der Waals surface area (Å²) in [6.07, 6.45) is 7.46. The van der Waals surface area contributed by atoms with Gasteiger partial charge in [0.1, 0.15) is 18.5 Å². The highest BCUT2D eigenvalue weighted by atomic mass is 19.1. The predicted molar refractivity (Wildman–Crippen MR) is 127 cm³/mol. The summed E-state index contributed by atoms with van der Waals surface area (Å²) in [6, 6.07) is 6.38. The molecule has 0 aliphatic carbocycles. The zero-order chi connectivity index (χ0) is 24.1. The third-order valence-electron chi connectivity index (χ3n) is 5.56. The molecule has 1 aliphatic heterocycles. The average Bonchev–Trinajstić information content (AvgIpc) is 3.21. The Bertz CT molecular complexity index is 1210. The minimum absolute atomic E-state index is 0.0557. The van der Waals surface area contributed by atoms with Crippen LogP contribution < -0.4 is 20.1 Å². The molecule has 1 amide bonds. The highest BCUT2D eigenvalue weighted by molar-refractivity contribution is 6.06. The van der Waals surface area contributed by atoms with Crippen LogP contribution in [0.15, 0.2) is 48.8 Å². The summed E-state index contributed by atoms with van der Waals surface area (Å²) in [5.41, 5.74) is 3.48. The van der Waals surface area contributed by atoms with E-state index in [0.29, 0.717) is 46.9 Å². The topological polar surface area (TPSA) is 97.5 Å². The smallest absolute Gasteiger partial charge is 0.255 e. The van der Waals surface area contributed by atoms with E-state index in [1.807, 2.05) is 19.1 Å². The van der Waals surface area contributed by atoms with Gasteiger partial charge >= 0.3 is 0 Å². The lowest BCUT2D eigenvalue weighted by atomic mass is 10.0. The van der Waals surface area contributed by atoms with E-state index in [1.54, 1.807) is 37.7 Å². The number of aromatic amines is 1. The zero-order valence-corrected chi connectivity index (χ0v) is 19.3. The van der Waals surface area contributed by atoms with Gasteiger partial charge < -0.3 is 29.8 Å². The second-order valence-electron chi connectivity index (χ2n) is 7.66. The minimum atomic E-state index is -0.509. The molecule has 1 atom stereocenters. The molecule has 34 heavy (non-hydrogen) atoms. The van der Waals surface area contributed by atoms with Crippen molar-refractivity contribution < 1.29 is 23.4 Å². The number of halogens is 1. The van der Waals surface area contributed by atoms with Crippen LogP contribution in [0.1, 0.15) is 23.0 Å². The molecule has 3 heterocycles. The number of fused-ring (bicyclic) bond motifs is 1. The summed E-state index contributed by atoms with van der Waals surface area (Å²) < 4.78 is 31.1. The number of hydrogen-bond acceptors (Lipinski definition) is 6. The van der Waals surface area contributed by atoms with Crippen molar-refractivity contribution in [2.75, 3.05) is 32.7 Å². The fourth-order valence-electron chi connectivity index (χ4n) is 3.95. The Kier molecular flexibility index (Phi) is 7.12. The number of carbonyl (C=O) groups is 1. The first-order valence-corrected chi connectivity index (χ1v) is 10.9. The summed E-state index contributed by atoms with van der Waals surface area (Å²) in [5.74, 6) is -0.154. The third kappa shape index (κ3) is 4.60. The molecule has 178 valence electrons. The Hall–Kier alpha value is -3.85. The number of allylic oxidation sites excluding steroid dienone is 1. The van der Waals surface area contributed by atoms with E-state index in [1.165, 1.54) is 13.2 Å². The Morgan fingerprint density at radius 2 is 2.15 bits per heavy atom. The maximum atomic E-state index is 14.4. The number of aromatic nitrogens is 2. The number of carbonyl (C=O) groups excluding carboxylic acids is 1. The van der Waals surface area contributed by atoms with Crippen LogP contribution in [0.4, 0.5) is 15.8 Å². The number of nitrogens with one attached hydrogen (secondary N) is 3. The van der Waals surface area contributed by atoms with E-state index in [2.05, 4.69) is 20.6 Å². The summed E-state index contributed by atoms with van der Waals surface area (Å²) in [6.45, 7) is 2.71. The highest BCUT2D eigenvalue weighted by Gasteiger charge is 2.29. The van der Waals surface area contributed by atoms with Crippen molar-refractivity contribution in [3.8, 4) is 22.8 Å². The molecule has 4 rings (SSSR count). The number of amides is 1. The first-order valence-electron chi connectivity index (χ1n) is 10.9. The van der Waals surface area contributed by atoms with Crippen LogP contribution in [0.3, 0.4) is 0 Å². The fourth-order valence-corrected chi connectivity index (χ4v) is 3.95. The quantitative estimate of drug-likeness (QED) is 0.409. The average molecular weight is 467 g/mol. The number of benzene rings is 1. The molecule has 3 N–H and O–H groups in total. The van der Waals surface area contributed by atoms with Gasteiger partial charge in [-0.1, -0.05) is 18.2 Å². The fraction of sp³-hybridized carbons (Fsp3) is 0.280. The molecule has 1 unspecified atom stereocenters. The third-order valence-corrected chi connectivity index (χ3v) is 5.56. The van der Waals surface area contributed by atoms with Crippen molar-refractivity contribution in [2.45, 2.75) is 19.4 Å². The summed E-state index contributed by atoms with van der Waals surface area (Å²) in [7, 11) is 3.01. The van der Waals surface area contributed by atoms with Gasteiger partial charge in [0, 0.05) is 37.5 Å². The summed E-state index contributed by atoms with van der Waals surface area (Å²) in [5, 5.41) is 6.10. The predicted octanol–water partition coefficient (Wildman–Crippen LogP) is 4.22. The second kappa shape index (κ2) is 10.4. The molecular weight excluding hydrogens is 439 g/mol. The van der Waals surface area contributed by atoms with Gasteiger partial charge in [0.25, 0.3) is 5.91 Å². The molecule has 0 saturated carbocycles. The van der Waals surface area contributed by atoms with Gasteiger partial charge in [-0.2, -0.15) is 0 Å². The van der Waals surface area contributed by atoms with Crippen LogP contribution in [-0.4, -0.2) is 49.4 Å². The van der Waals surface area contributed by atoms with Crippen molar-refractivity contribution >= 4 is 17.3 Å². The van der Waals surface area contributed by atoms with Gasteiger partial charge in [-0.3, -0.25) is 9.78 Å². The molecule has 0 saturated heterocycles. The first-order chi connectivity index (χ1) is 16.6. The van der Waals surface area contributed by atoms with Gasteiger partial charge in [0.05, 0.1) is 35.9 Å². The molecule has 0 fully saturated rings. The molecule has 8 nitrogen and oxygen atoms in total. The van der Waals surface area contributed by atoms with Crippen LogP contribution >= 0.6 is 0 Å². The number of nitrogens with zero attached hydrogens (tertiary/aromatic N) is 1. The van der Waals surface area contributed by atoms with Gasteiger partial charge in [-0.15, -0.1) is 0 Å². The lowest BCUT2D eigenvalue weighted by Crippen LogP contribution is -2.31. The van der Waals surface area contributed by atoms with Crippen LogP contribution in [0.2, 0.25) is 0 Å². The number of methoxy groups -OCH3 is 2. The first kappa shape index (κ1) is 23.3. The SMILES string of the molecule is C/C=C/C(COc1cnccc1-c1[nH]c2c(c1Nc1cccc(F)c1OC)C(=O)NCC2)OC. The maximum Gasteiger partial charge on any atom is 0.255 e. The van der Waals surface area contributed by atoms with Gasteiger partial charge in [-0.05, 0) is 25.1 Å². The van der Waals surface area contributed by atoms with Crippen molar-refractivity contribution in [3.63, 3.8) is 0 Å². The van der Waals surface area contributed by atoms with Crippen LogP contribution in [0.5, 0.6) is 11.5 Å². The largest absolute Gasteiger partial charge is 0.492 e. The van der Waals surface area contributed by atoms with Crippen LogP contribution in [0, 0.1) is 5.82 Å². The Balaban J connectivity index is 1.80. The summed E-state index contributed by atoms with van der Waals surface area (Å²) >= 11 is 0. The Labute approximate surface area is 197 Å². The number of para-hydroxylation sites is 1. The molecule has 0 spiro atoms. The van der Waals surface area contributed by atoms with E-state index < -0.39 is 5.82 Å². The number of anilines is 2. The molecular formula is C25H27FN4O4. The van der Waals surface area contributed by atoms with Gasteiger partial charge in [0.2, 0.25) is 0 Å². The lowest BCUT2D eigenvalue weighted by molar-refractivity contribution is 0.0916. The number of H-pyrrole nitrogens is 1. The number of ether oxygens (including phenoxy) is 3. The molecule has 0 radical (unpaired) electrons. The van der Waals surface area contributed by atoms with E-state index in [9.17, 15) is 9.18 Å². The van der Waals surface area contributed by atoms with Crippen molar-refractivity contribution in [2.24, 2.45) is 0 Å². The van der Waals surface area contributed by atoms with Gasteiger partial charge in [0.15, 0.2) is 11.6 Å². The monoisotopic (exact) mass is 466 g/mol. The molecule has 3 aromatic rings. The zero-order valence-electron chi connectivity index (χ0n) is 19.3. The normalized spacial score (nSPS) is 13.9. The lowest BCUT2D eigenvalue weighted by Gasteiger charge is -2.18. The molecule has 2 aromatic heterocycles. The standard InChI is InChI=1S/C25H27FN4O4/c1-4-6-15(32-2)14-34-20-13-27-11-9-16(20)22-23(21-18(29-22)10-12-28-25(21)31)30-19-8-5-7-17(26)24(19)33-3/h4-9,11,13,15,29-30H,10,12,14H2,1-3H3,(H,28,31)/b6-4+. The number of hydrogen-bond donors (Lipinski definition) is 3. The van der Waals surface area contributed by atoms with Gasteiger partial charge in [-0.25, -0.2) is 4.39 Å². The van der Waals surface area contributed by atoms with Crippen LogP contribution in [-0.2, 0) is 11.2 Å². The van der Waals surface area contributed by atoms with Crippen LogP contribution in [0.25, 0.3) is 11.3 Å². The van der Waals surface area contributed by atoms with Crippen molar-refractivity contribution in [1.82, 2.24) is 15.3 Å². The molecule has 1 aromatic carbocycles. The van der Waals surface area contributed by atoms with Crippen molar-refractivity contribution in [3.05, 3.63) is 65.9 Å². The van der Waals surface area contributed by atoms with E-state index in [0.717, 1.165) is 5.69 Å².